The molecule has 0 radical (unpaired) electrons. The molecule has 0 aliphatic heterocycles. The van der Waals surface area contributed by atoms with Crippen LogP contribution in [0.15, 0.2) is 72.9 Å². The summed E-state index contributed by atoms with van der Waals surface area (Å²) in [6, 6.07) is 0. The topological polar surface area (TPSA) is 160 Å². The number of phosphoric ester groups is 1. The number of carbonyl (C=O) groups is 2. The van der Waals surface area contributed by atoms with E-state index in [2.05, 4.69) is 11.4 Å². The fourth-order valence-electron chi connectivity index (χ4n) is 4.28. The standard InChI is InChI=1S/C37H61O10P/c1-3-5-7-8-9-10-11-15-23-29-36(40)45-31-35(32-46-48(42,43)44)47-37(41)30-24-16-13-12-14-20-26-34(39)28-22-18-17-21-27-33(38)25-19-6-4-2/h6,13-14,16-22,27-28,33-35,38-39H,3-5,7-12,15,23-26,29-32H2,1-2H3,(H2,42,43,44)/b16-13-,18-17-,19-6-,20-14-,27-21+,28-22+/t33-,34+,35+/m0/s1. The lowest BCUT2D eigenvalue weighted by Gasteiger charge is -2.18. The highest BCUT2D eigenvalue weighted by molar-refractivity contribution is 7.46. The maximum atomic E-state index is 12.3. The number of carbonyl (C=O) groups excluding carboxylic acids is 2. The minimum absolute atomic E-state index is 0.0279. The predicted molar refractivity (Wildman–Crippen MR) is 191 cm³/mol. The van der Waals surface area contributed by atoms with E-state index in [1.54, 1.807) is 36.5 Å². The predicted octanol–water partition coefficient (Wildman–Crippen LogP) is 7.89. The van der Waals surface area contributed by atoms with Crippen molar-refractivity contribution in [2.75, 3.05) is 13.2 Å². The maximum absolute atomic E-state index is 12.3. The highest BCUT2D eigenvalue weighted by atomic mass is 31.2. The Kier molecular flexibility index (Phi) is 30.0. The largest absolute Gasteiger partial charge is 0.469 e. The summed E-state index contributed by atoms with van der Waals surface area (Å²) in [5, 5.41) is 19.8. The third-order valence-electron chi connectivity index (χ3n) is 6.92. The Morgan fingerprint density at radius 1 is 0.667 bits per heavy atom. The van der Waals surface area contributed by atoms with E-state index in [1.165, 1.54) is 32.1 Å². The van der Waals surface area contributed by atoms with Crippen molar-refractivity contribution in [3.63, 3.8) is 0 Å². The van der Waals surface area contributed by atoms with E-state index >= 15 is 0 Å². The molecular formula is C37H61O10P. The molecule has 11 heteroatoms. The molecule has 0 amide bonds. The number of unbranched alkanes of at least 4 members (excludes halogenated alkanes) is 8. The van der Waals surface area contributed by atoms with Crippen LogP contribution in [0, 0.1) is 0 Å². The van der Waals surface area contributed by atoms with E-state index in [-0.39, 0.29) is 19.4 Å². The number of allylic oxidation sites excluding steroid dienone is 8. The summed E-state index contributed by atoms with van der Waals surface area (Å²) in [4.78, 5) is 42.5. The van der Waals surface area contributed by atoms with Gasteiger partial charge in [-0.1, -0.05) is 138 Å². The van der Waals surface area contributed by atoms with Crippen molar-refractivity contribution in [3.8, 4) is 0 Å². The van der Waals surface area contributed by atoms with E-state index in [0.717, 1.165) is 25.7 Å². The van der Waals surface area contributed by atoms with Crippen molar-refractivity contribution in [2.24, 2.45) is 0 Å². The van der Waals surface area contributed by atoms with Gasteiger partial charge in [-0.2, -0.15) is 0 Å². The highest BCUT2D eigenvalue weighted by Gasteiger charge is 2.22. The van der Waals surface area contributed by atoms with E-state index in [1.807, 2.05) is 43.4 Å². The molecule has 0 saturated heterocycles. The second kappa shape index (κ2) is 31.7. The Morgan fingerprint density at radius 2 is 1.23 bits per heavy atom. The smallest absolute Gasteiger partial charge is 0.462 e. The van der Waals surface area contributed by atoms with Crippen LogP contribution in [0.3, 0.4) is 0 Å². The molecule has 0 aliphatic carbocycles. The first kappa shape index (κ1) is 45.4. The first-order valence-corrected chi connectivity index (χ1v) is 19.0. The van der Waals surface area contributed by atoms with Gasteiger partial charge in [0.15, 0.2) is 6.10 Å². The molecule has 0 aromatic rings. The fraction of sp³-hybridized carbons (Fsp3) is 0.622. The molecule has 4 N–H and O–H groups in total. The molecule has 0 saturated carbocycles. The molecule has 0 aromatic carbocycles. The number of aliphatic hydroxyl groups is 2. The summed E-state index contributed by atoms with van der Waals surface area (Å²) in [6.07, 6.45) is 32.9. The summed E-state index contributed by atoms with van der Waals surface area (Å²) in [5.74, 6) is -1.06. The minimum atomic E-state index is -4.79. The molecule has 0 heterocycles. The van der Waals surface area contributed by atoms with Gasteiger partial charge in [0.05, 0.1) is 18.8 Å². The average Bonchev–Trinajstić information content (AvgIpc) is 3.04. The van der Waals surface area contributed by atoms with Gasteiger partial charge in [-0.15, -0.1) is 0 Å². The van der Waals surface area contributed by atoms with Crippen molar-refractivity contribution in [2.45, 2.75) is 135 Å². The molecule has 0 aromatic heterocycles. The number of hydrogen-bond donors (Lipinski definition) is 4. The van der Waals surface area contributed by atoms with Gasteiger partial charge in [0.2, 0.25) is 0 Å². The Balaban J connectivity index is 4.30. The molecule has 48 heavy (non-hydrogen) atoms. The summed E-state index contributed by atoms with van der Waals surface area (Å²) >= 11 is 0. The third kappa shape index (κ3) is 33.3. The lowest BCUT2D eigenvalue weighted by Crippen LogP contribution is -2.29. The number of ether oxygens (including phenoxy) is 2. The molecule has 0 spiro atoms. The van der Waals surface area contributed by atoms with Crippen LogP contribution < -0.4 is 0 Å². The van der Waals surface area contributed by atoms with Crippen LogP contribution >= 0.6 is 7.82 Å². The Hall–Kier alpha value is -2.59. The van der Waals surface area contributed by atoms with E-state index in [9.17, 15) is 24.4 Å². The zero-order valence-corrected chi connectivity index (χ0v) is 30.0. The van der Waals surface area contributed by atoms with E-state index in [0.29, 0.717) is 32.1 Å². The van der Waals surface area contributed by atoms with Gasteiger partial charge in [-0.25, -0.2) is 4.57 Å². The maximum Gasteiger partial charge on any atom is 0.469 e. The molecule has 0 rings (SSSR count). The molecule has 10 nitrogen and oxygen atoms in total. The first-order valence-electron chi connectivity index (χ1n) is 17.4. The number of rotatable bonds is 30. The molecule has 0 fully saturated rings. The third-order valence-corrected chi connectivity index (χ3v) is 7.40. The minimum Gasteiger partial charge on any atom is -0.462 e. The molecule has 274 valence electrons. The van der Waals surface area contributed by atoms with Gasteiger partial charge < -0.3 is 29.5 Å². The van der Waals surface area contributed by atoms with Crippen molar-refractivity contribution >= 4 is 19.8 Å². The molecule has 3 atom stereocenters. The van der Waals surface area contributed by atoms with Crippen LogP contribution in [0.1, 0.15) is 117 Å². The number of phosphoric acid groups is 1. The van der Waals surface area contributed by atoms with Crippen LogP contribution in [0.2, 0.25) is 0 Å². The Morgan fingerprint density at radius 3 is 1.81 bits per heavy atom. The van der Waals surface area contributed by atoms with Crippen LogP contribution in [0.5, 0.6) is 0 Å². The number of esters is 2. The van der Waals surface area contributed by atoms with Crippen LogP contribution in [-0.2, 0) is 28.2 Å². The second-order valence-electron chi connectivity index (χ2n) is 11.5. The van der Waals surface area contributed by atoms with Gasteiger partial charge in [0.1, 0.15) is 6.61 Å². The fourth-order valence-corrected chi connectivity index (χ4v) is 4.64. The average molecular weight is 697 g/mol. The lowest BCUT2D eigenvalue weighted by atomic mass is 10.1. The monoisotopic (exact) mass is 696 g/mol. The Bertz CT molecular complexity index is 1040. The SMILES string of the molecule is CC/C=C\C[C@H](O)/C=C/C=C\C=C\[C@H](O)C/C=C\C/C=C\CCC(=O)O[C@H](COC(=O)CCCCCCCCCCC)COP(=O)(O)O. The zero-order valence-electron chi connectivity index (χ0n) is 29.1. The van der Waals surface area contributed by atoms with Crippen LogP contribution in [-0.4, -0.2) is 63.5 Å². The first-order chi connectivity index (χ1) is 23.1. The van der Waals surface area contributed by atoms with Gasteiger partial charge in [0, 0.05) is 12.8 Å². The quantitative estimate of drug-likeness (QED) is 0.0191. The molecule has 0 aliphatic rings. The molecular weight excluding hydrogens is 635 g/mol. The summed E-state index contributed by atoms with van der Waals surface area (Å²) in [5.41, 5.74) is 0. The van der Waals surface area contributed by atoms with Crippen LogP contribution in [0.25, 0.3) is 0 Å². The van der Waals surface area contributed by atoms with Crippen molar-refractivity contribution in [3.05, 3.63) is 72.9 Å². The van der Waals surface area contributed by atoms with Crippen molar-refractivity contribution in [1.82, 2.24) is 0 Å². The van der Waals surface area contributed by atoms with Gasteiger partial charge >= 0.3 is 19.8 Å². The van der Waals surface area contributed by atoms with Gasteiger partial charge in [0.25, 0.3) is 0 Å². The molecule has 0 bridgehead atoms. The van der Waals surface area contributed by atoms with Gasteiger partial charge in [-0.3, -0.25) is 14.1 Å². The van der Waals surface area contributed by atoms with Crippen LogP contribution in [0.4, 0.5) is 0 Å². The van der Waals surface area contributed by atoms with Crippen molar-refractivity contribution in [1.29, 1.82) is 0 Å². The zero-order chi connectivity index (χ0) is 35.7. The second-order valence-corrected chi connectivity index (χ2v) is 12.8. The number of hydrogen-bond acceptors (Lipinski definition) is 8. The normalized spacial score (nSPS) is 14.7. The lowest BCUT2D eigenvalue weighted by molar-refractivity contribution is -0.161. The van der Waals surface area contributed by atoms with Gasteiger partial charge in [-0.05, 0) is 38.5 Å². The number of aliphatic hydroxyl groups excluding tert-OH is 2. The molecule has 0 unspecified atom stereocenters. The summed E-state index contributed by atoms with van der Waals surface area (Å²) < 4.78 is 26.1. The van der Waals surface area contributed by atoms with E-state index < -0.39 is 44.7 Å². The Labute approximate surface area is 288 Å². The highest BCUT2D eigenvalue weighted by Crippen LogP contribution is 2.35. The summed E-state index contributed by atoms with van der Waals surface area (Å²) in [6.45, 7) is 3.29. The summed E-state index contributed by atoms with van der Waals surface area (Å²) in [7, 11) is -4.79. The van der Waals surface area contributed by atoms with E-state index in [4.69, 9.17) is 19.3 Å². The van der Waals surface area contributed by atoms with Crippen molar-refractivity contribution < 1.29 is 48.2 Å².